The standard InChI is InChI=1S/C15H16F2N4O4S/c1-9-14(20-25-19-9)18-15(22)10-4-6-21(7-5-10)26(23,24)13-8-11(16)2-3-12(13)17/h2-3,8,10H,4-7H2,1H3,(H,18,20,22). The predicted octanol–water partition coefficient (Wildman–Crippen LogP) is 1.70. The maximum atomic E-state index is 13.8. The number of carbonyl (C=O) groups excluding carboxylic acids is 1. The van der Waals surface area contributed by atoms with E-state index in [2.05, 4.69) is 20.3 Å². The third-order valence-electron chi connectivity index (χ3n) is 4.23. The predicted molar refractivity (Wildman–Crippen MR) is 85.5 cm³/mol. The van der Waals surface area contributed by atoms with Gasteiger partial charge >= 0.3 is 0 Å². The first-order chi connectivity index (χ1) is 12.3. The second-order valence-electron chi connectivity index (χ2n) is 5.94. The van der Waals surface area contributed by atoms with Gasteiger partial charge in [-0.2, -0.15) is 4.31 Å². The molecule has 0 atom stereocenters. The van der Waals surface area contributed by atoms with Crippen molar-refractivity contribution in [3.63, 3.8) is 0 Å². The molecule has 1 aliphatic heterocycles. The van der Waals surface area contributed by atoms with E-state index in [1.807, 2.05) is 0 Å². The van der Waals surface area contributed by atoms with Crippen LogP contribution in [0, 0.1) is 24.5 Å². The van der Waals surface area contributed by atoms with E-state index >= 15 is 0 Å². The van der Waals surface area contributed by atoms with Gasteiger partial charge in [-0.1, -0.05) is 5.16 Å². The Kier molecular flexibility index (Phi) is 5.01. The van der Waals surface area contributed by atoms with Crippen molar-refractivity contribution < 1.29 is 26.6 Å². The number of piperidine rings is 1. The summed E-state index contributed by atoms with van der Waals surface area (Å²) in [6.45, 7) is 1.66. The Morgan fingerprint density at radius 1 is 1.27 bits per heavy atom. The highest BCUT2D eigenvalue weighted by Gasteiger charge is 2.34. The number of nitrogens with zero attached hydrogens (tertiary/aromatic N) is 3. The van der Waals surface area contributed by atoms with Crippen molar-refractivity contribution >= 4 is 21.7 Å². The van der Waals surface area contributed by atoms with E-state index in [0.717, 1.165) is 16.4 Å². The summed E-state index contributed by atoms with van der Waals surface area (Å²) in [7, 11) is -4.17. The van der Waals surface area contributed by atoms with Gasteiger partial charge in [0.05, 0.1) is 0 Å². The first-order valence-electron chi connectivity index (χ1n) is 7.84. The van der Waals surface area contributed by atoms with Crippen molar-refractivity contribution in [2.24, 2.45) is 5.92 Å². The normalized spacial score (nSPS) is 16.6. The maximum Gasteiger partial charge on any atom is 0.246 e. The number of sulfonamides is 1. The van der Waals surface area contributed by atoms with E-state index in [1.54, 1.807) is 6.92 Å². The summed E-state index contributed by atoms with van der Waals surface area (Å²) < 4.78 is 57.7. The lowest BCUT2D eigenvalue weighted by Crippen LogP contribution is -2.41. The van der Waals surface area contributed by atoms with E-state index < -0.39 is 32.5 Å². The molecule has 2 aromatic rings. The number of anilines is 1. The van der Waals surface area contributed by atoms with E-state index in [0.29, 0.717) is 11.8 Å². The minimum atomic E-state index is -4.17. The van der Waals surface area contributed by atoms with Gasteiger partial charge in [0.2, 0.25) is 15.9 Å². The van der Waals surface area contributed by atoms with Gasteiger partial charge in [0.1, 0.15) is 22.2 Å². The van der Waals surface area contributed by atoms with Gasteiger partial charge in [-0.25, -0.2) is 21.8 Å². The van der Waals surface area contributed by atoms with Gasteiger partial charge in [0.25, 0.3) is 0 Å². The molecule has 1 aromatic carbocycles. The minimum Gasteiger partial charge on any atom is -0.306 e. The number of aryl methyl sites for hydroxylation is 1. The molecule has 8 nitrogen and oxygen atoms in total. The van der Waals surface area contributed by atoms with Gasteiger partial charge in [-0.3, -0.25) is 4.79 Å². The molecule has 0 saturated carbocycles. The van der Waals surface area contributed by atoms with Crippen LogP contribution in [-0.4, -0.2) is 42.0 Å². The fourth-order valence-electron chi connectivity index (χ4n) is 2.74. The van der Waals surface area contributed by atoms with Gasteiger partial charge in [-0.05, 0) is 43.1 Å². The SMILES string of the molecule is Cc1nonc1NC(=O)C1CCN(S(=O)(=O)c2cc(F)ccc2F)CC1. The van der Waals surface area contributed by atoms with Crippen LogP contribution < -0.4 is 5.32 Å². The summed E-state index contributed by atoms with van der Waals surface area (Å²) in [5.41, 5.74) is 0.431. The molecule has 0 aliphatic carbocycles. The third-order valence-corrected chi connectivity index (χ3v) is 6.14. The molecule has 0 unspecified atom stereocenters. The number of benzene rings is 1. The van der Waals surface area contributed by atoms with E-state index in [4.69, 9.17) is 0 Å². The second-order valence-corrected chi connectivity index (χ2v) is 7.85. The molecule has 0 radical (unpaired) electrons. The Labute approximate surface area is 148 Å². The largest absolute Gasteiger partial charge is 0.306 e. The van der Waals surface area contributed by atoms with Crippen LogP contribution in [0.15, 0.2) is 27.7 Å². The Hall–Kier alpha value is -2.40. The first-order valence-corrected chi connectivity index (χ1v) is 9.28. The van der Waals surface area contributed by atoms with Gasteiger partial charge in [0.15, 0.2) is 5.82 Å². The molecule has 1 saturated heterocycles. The summed E-state index contributed by atoms with van der Waals surface area (Å²) in [4.78, 5) is 11.5. The molecule has 1 amide bonds. The zero-order valence-electron chi connectivity index (χ0n) is 13.8. The Bertz CT molecular complexity index is 923. The molecule has 1 N–H and O–H groups in total. The fraction of sp³-hybridized carbons (Fsp3) is 0.400. The van der Waals surface area contributed by atoms with Crippen LogP contribution in [0.1, 0.15) is 18.5 Å². The average Bonchev–Trinajstić information content (AvgIpc) is 3.02. The third kappa shape index (κ3) is 3.58. The number of aromatic nitrogens is 2. The lowest BCUT2D eigenvalue weighted by molar-refractivity contribution is -0.121. The number of amides is 1. The quantitative estimate of drug-likeness (QED) is 0.857. The lowest BCUT2D eigenvalue weighted by atomic mass is 9.97. The molecular weight excluding hydrogens is 370 g/mol. The Balaban J connectivity index is 1.67. The second kappa shape index (κ2) is 7.08. The van der Waals surface area contributed by atoms with Gasteiger partial charge in [-0.15, -0.1) is 0 Å². The monoisotopic (exact) mass is 386 g/mol. The van der Waals surface area contributed by atoms with Crippen LogP contribution in [0.25, 0.3) is 0 Å². The average molecular weight is 386 g/mol. The molecule has 0 spiro atoms. The maximum absolute atomic E-state index is 13.8. The van der Waals surface area contributed by atoms with Crippen LogP contribution in [0.5, 0.6) is 0 Å². The lowest BCUT2D eigenvalue weighted by Gasteiger charge is -2.30. The molecular formula is C15H16F2N4O4S. The molecule has 1 aliphatic rings. The van der Waals surface area contributed by atoms with Crippen molar-refractivity contribution in [1.82, 2.24) is 14.6 Å². The first kappa shape index (κ1) is 18.4. The fourth-order valence-corrected chi connectivity index (χ4v) is 4.28. The molecule has 11 heteroatoms. The highest BCUT2D eigenvalue weighted by Crippen LogP contribution is 2.26. The van der Waals surface area contributed by atoms with Gasteiger partial charge < -0.3 is 5.32 Å². The van der Waals surface area contributed by atoms with Crippen LogP contribution >= 0.6 is 0 Å². The number of rotatable bonds is 4. The number of nitrogens with one attached hydrogen (secondary N) is 1. The summed E-state index contributed by atoms with van der Waals surface area (Å²) in [6, 6.07) is 2.28. The van der Waals surface area contributed by atoms with Gasteiger partial charge in [0, 0.05) is 19.0 Å². The summed E-state index contributed by atoms with van der Waals surface area (Å²) in [6.07, 6.45) is 0.485. The van der Waals surface area contributed by atoms with Crippen LogP contribution in [0.3, 0.4) is 0 Å². The van der Waals surface area contributed by atoms with Crippen molar-refractivity contribution in [2.45, 2.75) is 24.7 Å². The molecule has 140 valence electrons. The highest BCUT2D eigenvalue weighted by molar-refractivity contribution is 7.89. The Morgan fingerprint density at radius 3 is 2.58 bits per heavy atom. The summed E-state index contributed by atoms with van der Waals surface area (Å²) >= 11 is 0. The minimum absolute atomic E-state index is 0.0203. The zero-order chi connectivity index (χ0) is 18.9. The molecule has 1 aromatic heterocycles. The molecule has 0 bridgehead atoms. The summed E-state index contributed by atoms with van der Waals surface area (Å²) in [5, 5.41) is 9.69. The van der Waals surface area contributed by atoms with Crippen molar-refractivity contribution in [1.29, 1.82) is 0 Å². The number of hydrogen-bond acceptors (Lipinski definition) is 6. The molecule has 26 heavy (non-hydrogen) atoms. The van der Waals surface area contributed by atoms with Crippen LogP contribution in [0.4, 0.5) is 14.6 Å². The Morgan fingerprint density at radius 2 is 1.96 bits per heavy atom. The smallest absolute Gasteiger partial charge is 0.246 e. The summed E-state index contributed by atoms with van der Waals surface area (Å²) in [5.74, 6) is -2.39. The van der Waals surface area contributed by atoms with Crippen LogP contribution in [-0.2, 0) is 14.8 Å². The van der Waals surface area contributed by atoms with Crippen LogP contribution in [0.2, 0.25) is 0 Å². The zero-order valence-corrected chi connectivity index (χ0v) is 14.6. The van der Waals surface area contributed by atoms with E-state index in [1.165, 1.54) is 0 Å². The van der Waals surface area contributed by atoms with E-state index in [9.17, 15) is 22.0 Å². The topological polar surface area (TPSA) is 105 Å². The number of hydrogen-bond donors (Lipinski definition) is 1. The highest BCUT2D eigenvalue weighted by atomic mass is 32.2. The van der Waals surface area contributed by atoms with Crippen molar-refractivity contribution in [2.75, 3.05) is 18.4 Å². The molecule has 1 fully saturated rings. The molecule has 3 rings (SSSR count). The van der Waals surface area contributed by atoms with E-state index in [-0.39, 0.29) is 37.7 Å². The number of halogens is 2. The molecule has 2 heterocycles. The van der Waals surface area contributed by atoms with Crippen molar-refractivity contribution in [3.8, 4) is 0 Å². The van der Waals surface area contributed by atoms with Crippen molar-refractivity contribution in [3.05, 3.63) is 35.5 Å². The number of carbonyl (C=O) groups is 1.